The number of hydrogen-bond acceptors (Lipinski definition) is 2. The van der Waals surface area contributed by atoms with Gasteiger partial charge in [-0.05, 0) is 37.9 Å². The maximum Gasteiger partial charge on any atom is 0.256 e. The van der Waals surface area contributed by atoms with Gasteiger partial charge in [0, 0.05) is 12.4 Å². The third-order valence-corrected chi connectivity index (χ3v) is 4.40. The lowest BCUT2D eigenvalue weighted by atomic mass is 10.3. The topological polar surface area (TPSA) is 20.3 Å². The van der Waals surface area contributed by atoms with Crippen LogP contribution in [0.3, 0.4) is 0 Å². The molecule has 0 fully saturated rings. The average molecular weight is 411 g/mol. The molecule has 1 heterocycles. The van der Waals surface area contributed by atoms with Crippen molar-refractivity contribution < 1.29 is 13.6 Å². The van der Waals surface area contributed by atoms with E-state index in [2.05, 4.69) is 31.9 Å². The zero-order valence-electron chi connectivity index (χ0n) is 8.43. The van der Waals surface area contributed by atoms with Crippen molar-refractivity contribution in [1.82, 2.24) is 4.90 Å². The Labute approximate surface area is 123 Å². The lowest BCUT2D eigenvalue weighted by molar-refractivity contribution is 0.0571. The molecule has 1 rings (SSSR count). The molecule has 0 saturated heterocycles. The number of amides is 1. The van der Waals surface area contributed by atoms with Gasteiger partial charge in [0.25, 0.3) is 12.3 Å². The van der Waals surface area contributed by atoms with Crippen LogP contribution < -0.4 is 0 Å². The van der Waals surface area contributed by atoms with Crippen LogP contribution in [-0.4, -0.2) is 36.2 Å². The lowest BCUT2D eigenvalue weighted by Crippen LogP contribution is -2.36. The number of alkyl halides is 3. The molecule has 96 valence electrons. The highest BCUT2D eigenvalue weighted by atomic mass is 79.9. The largest absolute Gasteiger partial charge is 0.332 e. The molecule has 0 radical (unpaired) electrons. The maximum absolute atomic E-state index is 12.3. The number of rotatable bonds is 5. The second-order valence-electron chi connectivity index (χ2n) is 3.07. The molecule has 1 aromatic heterocycles. The monoisotopic (exact) mass is 409 g/mol. The highest BCUT2D eigenvalue weighted by Crippen LogP contribution is 2.32. The first-order chi connectivity index (χ1) is 7.95. The third kappa shape index (κ3) is 4.46. The van der Waals surface area contributed by atoms with Crippen LogP contribution in [0.15, 0.2) is 13.6 Å². The summed E-state index contributed by atoms with van der Waals surface area (Å²) in [5.41, 5.74) is 0.368. The van der Waals surface area contributed by atoms with Gasteiger partial charge in [0.15, 0.2) is 0 Å². The van der Waals surface area contributed by atoms with Crippen LogP contribution in [0.2, 0.25) is 0 Å². The van der Waals surface area contributed by atoms with Crippen molar-refractivity contribution in [2.45, 2.75) is 6.43 Å². The molecule has 0 bridgehead atoms. The Morgan fingerprint density at radius 1 is 1.53 bits per heavy atom. The van der Waals surface area contributed by atoms with Crippen molar-refractivity contribution in [3.63, 3.8) is 0 Å². The van der Waals surface area contributed by atoms with Gasteiger partial charge in [-0.3, -0.25) is 4.79 Å². The van der Waals surface area contributed by atoms with Crippen LogP contribution >= 0.6 is 54.8 Å². The van der Waals surface area contributed by atoms with Crippen molar-refractivity contribution in [3.8, 4) is 0 Å². The van der Waals surface area contributed by atoms with Gasteiger partial charge in [-0.1, -0.05) is 0 Å². The Balaban J connectivity index is 2.87. The SMILES string of the molecule is O=C(c1cc(Br)sc1Br)N(CCCl)CC(F)F. The van der Waals surface area contributed by atoms with Gasteiger partial charge in [-0.15, -0.1) is 22.9 Å². The number of thiophene rings is 1. The molecule has 0 N–H and O–H groups in total. The van der Waals surface area contributed by atoms with E-state index in [0.29, 0.717) is 9.35 Å². The molecule has 0 atom stereocenters. The molecule has 0 saturated carbocycles. The van der Waals surface area contributed by atoms with Crippen LogP contribution in [0.5, 0.6) is 0 Å². The van der Waals surface area contributed by atoms with Crippen molar-refractivity contribution >= 4 is 60.7 Å². The second kappa shape index (κ2) is 7.01. The summed E-state index contributed by atoms with van der Waals surface area (Å²) in [6.45, 7) is -0.504. The summed E-state index contributed by atoms with van der Waals surface area (Å²) in [7, 11) is 0. The molecule has 8 heteroatoms. The predicted molar refractivity (Wildman–Crippen MR) is 72.3 cm³/mol. The zero-order valence-corrected chi connectivity index (χ0v) is 13.2. The fourth-order valence-corrected chi connectivity index (χ4v) is 4.18. The summed E-state index contributed by atoms with van der Waals surface area (Å²) in [6, 6.07) is 1.60. The Morgan fingerprint density at radius 3 is 2.59 bits per heavy atom. The fourth-order valence-electron chi connectivity index (χ4n) is 1.20. The van der Waals surface area contributed by atoms with E-state index >= 15 is 0 Å². The van der Waals surface area contributed by atoms with Gasteiger partial charge < -0.3 is 4.90 Å². The van der Waals surface area contributed by atoms with Crippen LogP contribution in [0.1, 0.15) is 10.4 Å². The van der Waals surface area contributed by atoms with Crippen LogP contribution in [-0.2, 0) is 0 Å². The fraction of sp³-hybridized carbons (Fsp3) is 0.444. The van der Waals surface area contributed by atoms with E-state index in [0.717, 1.165) is 8.69 Å². The zero-order chi connectivity index (χ0) is 13.0. The predicted octanol–water partition coefficient (Wildman–Crippen LogP) is 4.22. The van der Waals surface area contributed by atoms with E-state index in [9.17, 15) is 13.6 Å². The van der Waals surface area contributed by atoms with Gasteiger partial charge in [0.05, 0.1) is 19.7 Å². The molecule has 1 aromatic rings. The minimum atomic E-state index is -2.57. The molecule has 0 spiro atoms. The minimum absolute atomic E-state index is 0.102. The highest BCUT2D eigenvalue weighted by Gasteiger charge is 2.22. The Hall–Kier alpha value is 0.280. The smallest absolute Gasteiger partial charge is 0.256 e. The summed E-state index contributed by atoms with van der Waals surface area (Å²) < 4.78 is 26.0. The van der Waals surface area contributed by atoms with E-state index in [1.54, 1.807) is 6.07 Å². The van der Waals surface area contributed by atoms with Crippen LogP contribution in [0.25, 0.3) is 0 Å². The van der Waals surface area contributed by atoms with Crippen LogP contribution in [0, 0.1) is 0 Å². The van der Waals surface area contributed by atoms with E-state index in [1.165, 1.54) is 11.3 Å². The first-order valence-corrected chi connectivity index (χ1v) is 7.47. The summed E-state index contributed by atoms with van der Waals surface area (Å²) >= 11 is 13.3. The van der Waals surface area contributed by atoms with Crippen LogP contribution in [0.4, 0.5) is 8.78 Å². The average Bonchev–Trinajstić information content (AvgIpc) is 2.55. The Bertz CT molecular complexity index is 402. The minimum Gasteiger partial charge on any atom is -0.332 e. The Morgan fingerprint density at radius 2 is 2.18 bits per heavy atom. The maximum atomic E-state index is 12.3. The molecule has 0 aliphatic heterocycles. The van der Waals surface area contributed by atoms with Gasteiger partial charge in [-0.25, -0.2) is 8.78 Å². The first-order valence-electron chi connectivity index (χ1n) is 4.54. The standard InChI is InChI=1S/C9H8Br2ClF2NOS/c10-6-3-5(8(11)17-6)9(16)15(2-1-12)4-7(13)14/h3,7H,1-2,4H2. The third-order valence-electron chi connectivity index (χ3n) is 1.89. The molecular formula is C9H8Br2ClF2NOS. The summed E-state index contributed by atoms with van der Waals surface area (Å²) in [6.07, 6.45) is -2.57. The number of hydrogen-bond donors (Lipinski definition) is 0. The molecule has 0 aliphatic rings. The van der Waals surface area contributed by atoms with E-state index in [-0.39, 0.29) is 12.4 Å². The normalized spacial score (nSPS) is 10.9. The first kappa shape index (κ1) is 15.3. The molecule has 2 nitrogen and oxygen atoms in total. The summed E-state index contributed by atoms with van der Waals surface area (Å²) in [4.78, 5) is 13.0. The van der Waals surface area contributed by atoms with Gasteiger partial charge in [0.2, 0.25) is 0 Å². The molecule has 0 aromatic carbocycles. The van der Waals surface area contributed by atoms with Gasteiger partial charge >= 0.3 is 0 Å². The number of carbonyl (C=O) groups is 1. The van der Waals surface area contributed by atoms with Gasteiger partial charge in [-0.2, -0.15) is 0 Å². The lowest BCUT2D eigenvalue weighted by Gasteiger charge is -2.20. The van der Waals surface area contributed by atoms with Crippen molar-refractivity contribution in [1.29, 1.82) is 0 Å². The second-order valence-corrected chi connectivity index (χ2v) is 7.20. The molecular weight excluding hydrogens is 403 g/mol. The molecule has 0 unspecified atom stereocenters. The summed E-state index contributed by atoms with van der Waals surface area (Å²) in [5.74, 6) is -0.318. The van der Waals surface area contributed by atoms with Crippen molar-refractivity contribution in [3.05, 3.63) is 19.2 Å². The van der Waals surface area contributed by atoms with Crippen molar-refractivity contribution in [2.24, 2.45) is 0 Å². The number of halogens is 5. The van der Waals surface area contributed by atoms with Gasteiger partial charge in [0.1, 0.15) is 0 Å². The van der Waals surface area contributed by atoms with E-state index in [1.807, 2.05) is 0 Å². The molecule has 1 amide bonds. The molecule has 17 heavy (non-hydrogen) atoms. The van der Waals surface area contributed by atoms with Crippen molar-refractivity contribution in [2.75, 3.05) is 19.0 Å². The number of nitrogens with zero attached hydrogens (tertiary/aromatic N) is 1. The molecule has 0 aliphatic carbocycles. The quantitative estimate of drug-likeness (QED) is 0.665. The Kier molecular flexibility index (Phi) is 6.33. The summed E-state index contributed by atoms with van der Waals surface area (Å²) in [5, 5.41) is 0. The van der Waals surface area contributed by atoms with E-state index < -0.39 is 18.9 Å². The van der Waals surface area contributed by atoms with E-state index in [4.69, 9.17) is 11.6 Å². The highest BCUT2D eigenvalue weighted by molar-refractivity contribution is 9.12. The number of carbonyl (C=O) groups excluding carboxylic acids is 1.